The van der Waals surface area contributed by atoms with E-state index in [1.165, 1.54) is 0 Å². The Kier molecular flexibility index (Phi) is 11.2. The van der Waals surface area contributed by atoms with Crippen molar-refractivity contribution in [3.63, 3.8) is 0 Å². The van der Waals surface area contributed by atoms with Gasteiger partial charge in [0.2, 0.25) is 0 Å². The third kappa shape index (κ3) is 5.75. The van der Waals surface area contributed by atoms with E-state index >= 15 is 0 Å². The van der Waals surface area contributed by atoms with Gasteiger partial charge in [-0.3, -0.25) is 0 Å². The van der Waals surface area contributed by atoms with Gasteiger partial charge in [0.15, 0.2) is 0 Å². The molecular formula is C6H15KO6. The van der Waals surface area contributed by atoms with Crippen LogP contribution < -0.4 is 0 Å². The molecule has 0 aliphatic carbocycles. The van der Waals surface area contributed by atoms with Crippen LogP contribution in [0.4, 0.5) is 0 Å². The Balaban J connectivity index is 0. The minimum atomic E-state index is -1.67. The van der Waals surface area contributed by atoms with Gasteiger partial charge in [-0.15, -0.1) is 0 Å². The minimum absolute atomic E-state index is 0. The van der Waals surface area contributed by atoms with Gasteiger partial charge in [0.25, 0.3) is 0 Å². The third-order valence-corrected chi connectivity index (χ3v) is 1.51. The number of hydrogen-bond donors (Lipinski definition) is 6. The standard InChI is InChI=1S/C6H14O6.K.H/c7-1-3(9)5(11)6(12)4(10)2-8;;/h3-12H,1-2H2;;/t3-,4+,5-,6-;;/m1../s1. The topological polar surface area (TPSA) is 121 Å². The molecule has 6 nitrogen and oxygen atoms in total. The molecule has 76 valence electrons. The molecule has 6 N–H and O–H groups in total. The van der Waals surface area contributed by atoms with E-state index in [2.05, 4.69) is 0 Å². The van der Waals surface area contributed by atoms with Gasteiger partial charge in [-0.25, -0.2) is 0 Å². The van der Waals surface area contributed by atoms with Crippen LogP contribution in [-0.2, 0) is 0 Å². The average molecular weight is 222 g/mol. The van der Waals surface area contributed by atoms with Crippen LogP contribution in [0.15, 0.2) is 0 Å². The van der Waals surface area contributed by atoms with Crippen LogP contribution in [0.2, 0.25) is 0 Å². The summed E-state index contributed by atoms with van der Waals surface area (Å²) < 4.78 is 0. The molecule has 4 atom stereocenters. The van der Waals surface area contributed by atoms with Crippen LogP contribution in [0.3, 0.4) is 0 Å². The van der Waals surface area contributed by atoms with Crippen LogP contribution in [0.5, 0.6) is 0 Å². The van der Waals surface area contributed by atoms with Crippen molar-refractivity contribution in [3.8, 4) is 0 Å². The van der Waals surface area contributed by atoms with Gasteiger partial charge in [0.1, 0.15) is 24.4 Å². The van der Waals surface area contributed by atoms with Crippen LogP contribution >= 0.6 is 0 Å². The Hall–Kier alpha value is 1.40. The molecule has 0 aliphatic rings. The predicted molar refractivity (Wildman–Crippen MR) is 45.3 cm³/mol. The molecular weight excluding hydrogens is 207 g/mol. The molecule has 0 aromatic rings. The first-order valence-electron chi connectivity index (χ1n) is 3.48. The van der Waals surface area contributed by atoms with E-state index in [0.717, 1.165) is 0 Å². The zero-order chi connectivity index (χ0) is 9.72. The molecule has 0 saturated carbocycles. The molecule has 0 aliphatic heterocycles. The van der Waals surface area contributed by atoms with E-state index < -0.39 is 37.6 Å². The molecule has 0 amide bonds. The molecule has 13 heavy (non-hydrogen) atoms. The Morgan fingerprint density at radius 3 is 1.08 bits per heavy atom. The van der Waals surface area contributed by atoms with Gasteiger partial charge in [-0.1, -0.05) is 0 Å². The van der Waals surface area contributed by atoms with E-state index in [4.69, 9.17) is 30.6 Å². The van der Waals surface area contributed by atoms with E-state index in [9.17, 15) is 0 Å². The zero-order valence-corrected chi connectivity index (χ0v) is 6.41. The molecule has 0 bridgehead atoms. The van der Waals surface area contributed by atoms with Gasteiger partial charge in [0.05, 0.1) is 13.2 Å². The van der Waals surface area contributed by atoms with Gasteiger partial charge in [-0.2, -0.15) is 0 Å². The third-order valence-electron chi connectivity index (χ3n) is 1.51. The molecule has 0 rings (SSSR count). The number of hydrogen-bond acceptors (Lipinski definition) is 6. The second-order valence-electron chi connectivity index (χ2n) is 2.48. The van der Waals surface area contributed by atoms with Crippen LogP contribution in [0.1, 0.15) is 0 Å². The normalized spacial score (nSPS) is 19.8. The summed E-state index contributed by atoms with van der Waals surface area (Å²) in [6.45, 7) is -1.45. The summed E-state index contributed by atoms with van der Waals surface area (Å²) in [4.78, 5) is 0. The van der Waals surface area contributed by atoms with Crippen molar-refractivity contribution in [2.45, 2.75) is 24.4 Å². The molecule has 0 saturated heterocycles. The number of rotatable bonds is 5. The van der Waals surface area contributed by atoms with E-state index in [0.29, 0.717) is 0 Å². The van der Waals surface area contributed by atoms with Gasteiger partial charge in [0, 0.05) is 0 Å². The first-order chi connectivity index (χ1) is 5.54. The predicted octanol–water partition coefficient (Wildman–Crippen LogP) is -4.23. The summed E-state index contributed by atoms with van der Waals surface area (Å²) in [6, 6.07) is 0. The van der Waals surface area contributed by atoms with E-state index in [1.54, 1.807) is 0 Å². The number of aliphatic hydroxyl groups is 6. The van der Waals surface area contributed by atoms with Gasteiger partial charge >= 0.3 is 51.4 Å². The Morgan fingerprint density at radius 2 is 0.923 bits per heavy atom. The maximum absolute atomic E-state index is 8.96. The van der Waals surface area contributed by atoms with Crippen molar-refractivity contribution < 1.29 is 30.6 Å². The van der Waals surface area contributed by atoms with Crippen LogP contribution in [-0.4, -0.2) is 120 Å². The van der Waals surface area contributed by atoms with Crippen molar-refractivity contribution in [1.29, 1.82) is 0 Å². The summed E-state index contributed by atoms with van der Waals surface area (Å²) >= 11 is 0. The van der Waals surface area contributed by atoms with Crippen molar-refractivity contribution in [2.75, 3.05) is 13.2 Å². The Morgan fingerprint density at radius 1 is 0.692 bits per heavy atom. The fraction of sp³-hybridized carbons (Fsp3) is 1.00. The maximum atomic E-state index is 8.96. The molecule has 0 heterocycles. The molecule has 7 heteroatoms. The molecule has 0 fully saturated rings. The van der Waals surface area contributed by atoms with Crippen molar-refractivity contribution >= 4 is 51.4 Å². The van der Waals surface area contributed by atoms with E-state index in [1.807, 2.05) is 0 Å². The summed E-state index contributed by atoms with van der Waals surface area (Å²) in [7, 11) is 0. The fourth-order valence-electron chi connectivity index (χ4n) is 0.671. The van der Waals surface area contributed by atoms with Gasteiger partial charge < -0.3 is 30.6 Å². The summed E-state index contributed by atoms with van der Waals surface area (Å²) in [5, 5.41) is 52.2. The fourth-order valence-corrected chi connectivity index (χ4v) is 0.671. The first-order valence-corrected chi connectivity index (χ1v) is 3.48. The monoisotopic (exact) mass is 222 g/mol. The van der Waals surface area contributed by atoms with E-state index in [-0.39, 0.29) is 51.4 Å². The molecule has 0 spiro atoms. The van der Waals surface area contributed by atoms with Crippen LogP contribution in [0, 0.1) is 0 Å². The Bertz CT molecular complexity index is 110. The molecule has 0 radical (unpaired) electrons. The van der Waals surface area contributed by atoms with Crippen molar-refractivity contribution in [1.82, 2.24) is 0 Å². The van der Waals surface area contributed by atoms with Gasteiger partial charge in [-0.05, 0) is 0 Å². The number of aliphatic hydroxyl groups excluding tert-OH is 6. The molecule has 0 aromatic carbocycles. The summed E-state index contributed by atoms with van der Waals surface area (Å²) in [6.07, 6.45) is -6.39. The SMILES string of the molecule is OC[C@@H](O)[C@@H](O)[C@H](O)[C@@H](O)CO.[KH]. The first kappa shape index (κ1) is 16.8. The molecule has 0 aromatic heterocycles. The second kappa shape index (κ2) is 8.68. The average Bonchev–Trinajstić information content (AvgIpc) is 2.12. The van der Waals surface area contributed by atoms with Crippen molar-refractivity contribution in [3.05, 3.63) is 0 Å². The quantitative estimate of drug-likeness (QED) is 0.262. The molecule has 0 unspecified atom stereocenters. The second-order valence-corrected chi connectivity index (χ2v) is 2.48. The summed E-state index contributed by atoms with van der Waals surface area (Å²) in [5.74, 6) is 0. The van der Waals surface area contributed by atoms with Crippen LogP contribution in [0.25, 0.3) is 0 Å². The Labute approximate surface area is 118 Å². The zero-order valence-electron chi connectivity index (χ0n) is 6.41. The summed E-state index contributed by atoms with van der Waals surface area (Å²) in [5.41, 5.74) is 0. The van der Waals surface area contributed by atoms with Crippen molar-refractivity contribution in [2.24, 2.45) is 0 Å².